The Balaban J connectivity index is 1.55. The van der Waals surface area contributed by atoms with E-state index in [2.05, 4.69) is 25.7 Å². The molecule has 1 fully saturated rings. The summed E-state index contributed by atoms with van der Waals surface area (Å²) in [4.78, 5) is 45.5. The largest absolute Gasteiger partial charge is 0.497 e. The molecule has 0 aliphatic carbocycles. The summed E-state index contributed by atoms with van der Waals surface area (Å²) < 4.78 is 55.1. The van der Waals surface area contributed by atoms with Gasteiger partial charge in [-0.1, -0.05) is 54.6 Å². The van der Waals surface area contributed by atoms with E-state index < -0.39 is 55.6 Å². The Morgan fingerprint density at radius 1 is 0.928 bits per heavy atom. The van der Waals surface area contributed by atoms with Crippen LogP contribution < -0.4 is 15.0 Å². The topological polar surface area (TPSA) is 197 Å². The third kappa shape index (κ3) is 12.5. The Labute approximate surface area is 405 Å². The van der Waals surface area contributed by atoms with Crippen LogP contribution in [0.2, 0.25) is 0 Å². The van der Waals surface area contributed by atoms with Crippen LogP contribution in [0.3, 0.4) is 0 Å². The van der Waals surface area contributed by atoms with Crippen molar-refractivity contribution in [1.29, 1.82) is 5.26 Å². The number of benzene rings is 3. The maximum Gasteiger partial charge on any atom is 0.314 e. The summed E-state index contributed by atoms with van der Waals surface area (Å²) in [6.07, 6.45) is -0.905. The average molecular weight is 969 g/mol. The lowest BCUT2D eigenvalue weighted by Gasteiger charge is -2.40. The molecule has 370 valence electrons. The molecule has 6 rings (SSSR count). The number of imidazole rings is 1. The predicted octanol–water partition coefficient (Wildman–Crippen LogP) is 7.35. The van der Waals surface area contributed by atoms with Gasteiger partial charge in [0.1, 0.15) is 55.5 Å². The highest BCUT2D eigenvalue weighted by Crippen LogP contribution is 2.51. The van der Waals surface area contributed by atoms with E-state index in [1.54, 1.807) is 58.7 Å². The second kappa shape index (κ2) is 23.7. The minimum Gasteiger partial charge on any atom is -0.497 e. The molecule has 2 aromatic heterocycles. The highest BCUT2D eigenvalue weighted by atomic mass is 31.2. The van der Waals surface area contributed by atoms with E-state index in [0.29, 0.717) is 11.5 Å². The summed E-state index contributed by atoms with van der Waals surface area (Å²) in [7, 11) is 6.60. The fourth-order valence-corrected chi connectivity index (χ4v) is 10.6. The summed E-state index contributed by atoms with van der Waals surface area (Å²) in [6.45, 7) is 11.8. The van der Waals surface area contributed by atoms with Crippen LogP contribution in [0, 0.1) is 11.3 Å². The van der Waals surface area contributed by atoms with Gasteiger partial charge in [0, 0.05) is 33.3 Å². The molecule has 0 bridgehead atoms. The number of nitrogens with zero attached hydrogens (tertiary/aromatic N) is 7. The Kier molecular flexibility index (Phi) is 18.1. The van der Waals surface area contributed by atoms with Crippen molar-refractivity contribution in [2.45, 2.75) is 95.8 Å². The van der Waals surface area contributed by atoms with E-state index in [0.717, 1.165) is 16.7 Å². The van der Waals surface area contributed by atoms with Crippen molar-refractivity contribution in [1.82, 2.24) is 29.1 Å². The van der Waals surface area contributed by atoms with E-state index in [1.807, 2.05) is 107 Å². The molecule has 0 spiro atoms. The molecule has 0 radical (unpaired) electrons. The van der Waals surface area contributed by atoms with Gasteiger partial charge in [0.2, 0.25) is 5.95 Å². The summed E-state index contributed by atoms with van der Waals surface area (Å²) in [5.41, 5.74) is -0.110. The second-order valence-electron chi connectivity index (χ2n) is 17.8. The standard InChI is InChI=1S/C50H65N8O10P/c1-33(2)58(34(3)4)69(30-41(59)67-49(5,6)25-26-51)68-43-40(66-47(44(43)64-28-27-61-9)57-32-52-42-45(57)54-48(55-46(42)60)53-31-56(7)8)29-65-50(35-15-13-12-14-16-35,36-17-21-38(62-10)22-18-36)37-19-23-39(63-11)24-20-37/h12-24,31-34,40,43-44,47H,25,27-30H2,1-11H3,(H,54,55,60)/b53-31+/t40-,43?,44+,47-,69?/m1/s1. The SMILES string of the molecule is COCCO[C@H]1C(OP(CC(=O)OC(C)(C)CC#N)N(C(C)C)C(C)C)[C@@H](COC(c2ccccc2)(c2ccc(OC)cc2)c2ccc(OC)cc2)O[C@H]1n1cnc2c(=O)[nH]c(/N=C/N(C)C)nc21. The molecule has 0 amide bonds. The minimum atomic E-state index is -1.82. The number of carbonyl (C=O) groups excluding carboxylic acids is 1. The number of aromatic nitrogens is 4. The Bertz CT molecular complexity index is 2510. The molecule has 1 saturated heterocycles. The molecule has 1 aliphatic rings. The van der Waals surface area contributed by atoms with Crippen LogP contribution in [0.15, 0.2) is 95.0 Å². The summed E-state index contributed by atoms with van der Waals surface area (Å²) >= 11 is 0. The van der Waals surface area contributed by atoms with E-state index in [4.69, 9.17) is 42.7 Å². The number of ether oxygens (including phenoxy) is 7. The lowest BCUT2D eigenvalue weighted by Crippen LogP contribution is -2.43. The van der Waals surface area contributed by atoms with Gasteiger partial charge in [0.05, 0.1) is 59.2 Å². The van der Waals surface area contributed by atoms with Crippen LogP contribution in [0.5, 0.6) is 11.5 Å². The smallest absolute Gasteiger partial charge is 0.314 e. The van der Waals surface area contributed by atoms with Crippen LogP contribution >= 0.6 is 8.30 Å². The van der Waals surface area contributed by atoms with Crippen molar-refractivity contribution in [3.8, 4) is 17.6 Å². The molecule has 5 aromatic rings. The second-order valence-corrected chi connectivity index (χ2v) is 19.5. The molecule has 2 unspecified atom stereocenters. The minimum absolute atomic E-state index is 0.00598. The van der Waals surface area contributed by atoms with Crippen LogP contribution in [0.25, 0.3) is 11.2 Å². The molecule has 69 heavy (non-hydrogen) atoms. The normalized spacial score (nSPS) is 18.0. The van der Waals surface area contributed by atoms with Gasteiger partial charge in [-0.3, -0.25) is 23.8 Å². The first-order valence-electron chi connectivity index (χ1n) is 22.8. The number of aromatic amines is 1. The summed E-state index contributed by atoms with van der Waals surface area (Å²) in [5, 5.41) is 9.52. The number of nitriles is 1. The zero-order chi connectivity index (χ0) is 49.9. The van der Waals surface area contributed by atoms with Crippen LogP contribution in [0.1, 0.15) is 70.9 Å². The van der Waals surface area contributed by atoms with Gasteiger partial charge in [-0.05, 0) is 82.5 Å². The van der Waals surface area contributed by atoms with Gasteiger partial charge in [-0.15, -0.1) is 0 Å². The number of hydrogen-bond donors (Lipinski definition) is 1. The summed E-state index contributed by atoms with van der Waals surface area (Å²) in [6, 6.07) is 27.3. The third-order valence-corrected chi connectivity index (χ3v) is 13.8. The Morgan fingerprint density at radius 2 is 1.54 bits per heavy atom. The highest BCUT2D eigenvalue weighted by Gasteiger charge is 2.52. The lowest BCUT2D eigenvalue weighted by atomic mass is 9.80. The van der Waals surface area contributed by atoms with E-state index >= 15 is 0 Å². The average Bonchev–Trinajstić information content (AvgIpc) is 3.89. The van der Waals surface area contributed by atoms with Crippen molar-refractivity contribution in [2.75, 3.05) is 61.4 Å². The van der Waals surface area contributed by atoms with Gasteiger partial charge in [0.25, 0.3) is 5.56 Å². The highest BCUT2D eigenvalue weighted by molar-refractivity contribution is 7.51. The van der Waals surface area contributed by atoms with Gasteiger partial charge >= 0.3 is 5.97 Å². The van der Waals surface area contributed by atoms with Crippen molar-refractivity contribution in [3.05, 3.63) is 112 Å². The molecule has 0 saturated carbocycles. The van der Waals surface area contributed by atoms with E-state index in [1.165, 1.54) is 12.7 Å². The fourth-order valence-electron chi connectivity index (χ4n) is 8.35. The van der Waals surface area contributed by atoms with Crippen molar-refractivity contribution in [3.63, 3.8) is 0 Å². The van der Waals surface area contributed by atoms with Gasteiger partial charge in [-0.25, -0.2) is 9.98 Å². The van der Waals surface area contributed by atoms with Gasteiger partial charge < -0.3 is 42.6 Å². The van der Waals surface area contributed by atoms with E-state index in [9.17, 15) is 14.9 Å². The number of nitrogens with one attached hydrogen (secondary N) is 1. The summed E-state index contributed by atoms with van der Waals surface area (Å²) in [5.74, 6) is 0.869. The molecular weight excluding hydrogens is 904 g/mol. The van der Waals surface area contributed by atoms with Gasteiger partial charge in [-0.2, -0.15) is 10.2 Å². The maximum atomic E-state index is 14.0. The number of methoxy groups -OCH3 is 3. The number of hydrogen-bond acceptors (Lipinski definition) is 15. The lowest BCUT2D eigenvalue weighted by molar-refractivity contribution is -0.152. The molecular formula is C50H65N8O10P. The monoisotopic (exact) mass is 968 g/mol. The molecule has 1 N–H and O–H groups in total. The maximum absolute atomic E-state index is 14.0. The first-order valence-corrected chi connectivity index (χ1v) is 24.2. The van der Waals surface area contributed by atoms with Gasteiger partial charge in [0.15, 0.2) is 17.4 Å². The van der Waals surface area contributed by atoms with Crippen molar-refractivity contribution < 1.29 is 42.5 Å². The number of esters is 1. The number of H-pyrrole nitrogens is 1. The molecule has 3 aromatic carbocycles. The number of aliphatic imine (C=N–C) groups is 1. The van der Waals surface area contributed by atoms with Crippen LogP contribution in [-0.4, -0.2) is 139 Å². The number of fused-ring (bicyclic) bond motifs is 1. The first-order chi connectivity index (χ1) is 33.0. The first kappa shape index (κ1) is 52.6. The zero-order valence-electron chi connectivity index (χ0n) is 41.3. The zero-order valence-corrected chi connectivity index (χ0v) is 42.2. The molecule has 1 aliphatic heterocycles. The predicted molar refractivity (Wildman–Crippen MR) is 263 cm³/mol. The Hall–Kier alpha value is -5.77. The van der Waals surface area contributed by atoms with E-state index in [-0.39, 0.29) is 61.6 Å². The van der Waals surface area contributed by atoms with Crippen LogP contribution in [0.4, 0.5) is 5.95 Å². The fraction of sp³-hybridized carbons (Fsp3) is 0.480. The molecule has 5 atom stereocenters. The van der Waals surface area contributed by atoms with Crippen molar-refractivity contribution in [2.24, 2.45) is 4.99 Å². The van der Waals surface area contributed by atoms with Crippen LogP contribution in [-0.2, 0) is 38.6 Å². The number of carbonyl (C=O) groups is 1. The Morgan fingerprint density at radius 3 is 2.09 bits per heavy atom. The molecule has 18 nitrogen and oxygen atoms in total. The van der Waals surface area contributed by atoms with Crippen molar-refractivity contribution >= 4 is 37.7 Å². The quantitative estimate of drug-likeness (QED) is 0.0161. The number of rotatable bonds is 24. The molecule has 3 heterocycles. The third-order valence-electron chi connectivity index (χ3n) is 11.3. The molecule has 19 heteroatoms.